The van der Waals surface area contributed by atoms with Crippen molar-refractivity contribution in [2.24, 2.45) is 0 Å². The summed E-state index contributed by atoms with van der Waals surface area (Å²) in [5.41, 5.74) is 1.13. The Labute approximate surface area is 102 Å². The number of nitro benzene ring substituents is 1. The Kier molecular flexibility index (Phi) is 2.66. The molecule has 0 radical (unpaired) electrons. The first kappa shape index (κ1) is 10.4. The zero-order valence-electron chi connectivity index (χ0n) is 7.25. The predicted molar refractivity (Wildman–Crippen MR) is 64.9 cm³/mol. The third-order valence-corrected chi connectivity index (χ3v) is 3.89. The molecule has 2 rings (SSSR count). The lowest BCUT2D eigenvalue weighted by Gasteiger charge is -2.15. The van der Waals surface area contributed by atoms with Gasteiger partial charge in [-0.05, 0) is 37.9 Å². The summed E-state index contributed by atoms with van der Waals surface area (Å²) in [6.07, 6.45) is 3.28. The molecule has 0 amide bonds. The summed E-state index contributed by atoms with van der Waals surface area (Å²) in [7, 11) is 0. The molecule has 1 aromatic carbocycles. The number of rotatable bonds is 1. The van der Waals surface area contributed by atoms with E-state index in [9.17, 15) is 10.1 Å². The Bertz CT molecular complexity index is 473. The van der Waals surface area contributed by atoms with Crippen molar-refractivity contribution in [3.05, 3.63) is 37.5 Å². The number of nitrogens with one attached hydrogen (secondary N) is 2. The molecule has 0 atom stereocenters. The number of nitrogens with zero attached hydrogens (tertiary/aromatic N) is 1. The standard InChI is InChI=1S/C8H5Br2N3O2/c9-4-3-5-7(12-2-1-11-5)8(6(4)10)13(14)15/h1-3,11-12H. The van der Waals surface area contributed by atoms with E-state index in [0.29, 0.717) is 20.3 Å². The topological polar surface area (TPSA) is 67.2 Å². The van der Waals surface area contributed by atoms with Gasteiger partial charge in [0.1, 0.15) is 10.2 Å². The van der Waals surface area contributed by atoms with Gasteiger partial charge < -0.3 is 10.6 Å². The van der Waals surface area contributed by atoms with Crippen molar-refractivity contribution in [1.29, 1.82) is 0 Å². The number of hydrogen-bond donors (Lipinski definition) is 2. The number of benzene rings is 1. The molecule has 1 aromatic rings. The highest BCUT2D eigenvalue weighted by Crippen LogP contribution is 2.44. The Hall–Kier alpha value is -1.08. The molecule has 2 N–H and O–H groups in total. The van der Waals surface area contributed by atoms with Crippen LogP contribution in [0, 0.1) is 10.1 Å². The fourth-order valence-electron chi connectivity index (χ4n) is 1.30. The number of halogens is 2. The molecular weight excluding hydrogens is 330 g/mol. The lowest BCUT2D eigenvalue weighted by atomic mass is 10.2. The molecular formula is C8H5Br2N3O2. The van der Waals surface area contributed by atoms with Crippen LogP contribution in [0.3, 0.4) is 0 Å². The molecule has 0 saturated carbocycles. The molecule has 1 heterocycles. The highest BCUT2D eigenvalue weighted by atomic mass is 79.9. The quantitative estimate of drug-likeness (QED) is 0.610. The number of hydrogen-bond acceptors (Lipinski definition) is 4. The maximum absolute atomic E-state index is 10.9. The van der Waals surface area contributed by atoms with Crippen molar-refractivity contribution in [3.8, 4) is 0 Å². The van der Waals surface area contributed by atoms with E-state index in [4.69, 9.17) is 0 Å². The van der Waals surface area contributed by atoms with Gasteiger partial charge in [-0.2, -0.15) is 0 Å². The minimum atomic E-state index is -0.429. The lowest BCUT2D eigenvalue weighted by molar-refractivity contribution is -0.384. The summed E-state index contributed by atoms with van der Waals surface area (Å²) in [6.45, 7) is 0. The van der Waals surface area contributed by atoms with Gasteiger partial charge in [-0.15, -0.1) is 0 Å². The fraction of sp³-hybridized carbons (Fsp3) is 0. The summed E-state index contributed by atoms with van der Waals surface area (Å²) >= 11 is 6.43. The molecule has 78 valence electrons. The number of nitro groups is 1. The molecule has 7 heteroatoms. The highest BCUT2D eigenvalue weighted by Gasteiger charge is 2.25. The predicted octanol–water partition coefficient (Wildman–Crippen LogP) is 3.43. The minimum absolute atomic E-state index is 0.0104. The summed E-state index contributed by atoms with van der Waals surface area (Å²) in [6, 6.07) is 1.77. The molecule has 5 nitrogen and oxygen atoms in total. The van der Waals surface area contributed by atoms with E-state index in [2.05, 4.69) is 42.5 Å². The molecule has 0 bridgehead atoms. The molecule has 0 fully saturated rings. The van der Waals surface area contributed by atoms with Crippen molar-refractivity contribution < 1.29 is 4.92 Å². The van der Waals surface area contributed by atoms with E-state index in [1.807, 2.05) is 0 Å². The van der Waals surface area contributed by atoms with Crippen molar-refractivity contribution in [2.45, 2.75) is 0 Å². The zero-order valence-corrected chi connectivity index (χ0v) is 10.4. The molecule has 1 aliphatic heterocycles. The van der Waals surface area contributed by atoms with Crippen molar-refractivity contribution >= 4 is 48.9 Å². The van der Waals surface area contributed by atoms with Gasteiger partial charge >= 0.3 is 5.69 Å². The van der Waals surface area contributed by atoms with Gasteiger partial charge in [0.25, 0.3) is 0 Å². The van der Waals surface area contributed by atoms with Gasteiger partial charge in [0.15, 0.2) is 0 Å². The van der Waals surface area contributed by atoms with Crippen LogP contribution in [0.25, 0.3) is 0 Å². The molecule has 15 heavy (non-hydrogen) atoms. The second-order valence-corrected chi connectivity index (χ2v) is 4.47. The van der Waals surface area contributed by atoms with Crippen LogP contribution >= 0.6 is 31.9 Å². The average Bonchev–Trinajstić information content (AvgIpc) is 2.19. The first-order valence-corrected chi connectivity index (χ1v) is 5.54. The summed E-state index contributed by atoms with van der Waals surface area (Å²) in [4.78, 5) is 10.5. The van der Waals surface area contributed by atoms with Gasteiger partial charge in [-0.25, -0.2) is 0 Å². The van der Waals surface area contributed by atoms with E-state index < -0.39 is 4.92 Å². The smallest absolute Gasteiger partial charge is 0.310 e. The third kappa shape index (κ3) is 1.72. The van der Waals surface area contributed by atoms with Crippen LogP contribution in [0.4, 0.5) is 17.1 Å². The molecule has 0 spiro atoms. The van der Waals surface area contributed by atoms with Crippen LogP contribution in [0.5, 0.6) is 0 Å². The van der Waals surface area contributed by atoms with Crippen molar-refractivity contribution in [1.82, 2.24) is 0 Å². The Morgan fingerprint density at radius 2 is 1.93 bits per heavy atom. The van der Waals surface area contributed by atoms with E-state index in [1.165, 1.54) is 0 Å². The van der Waals surface area contributed by atoms with Gasteiger partial charge in [0.05, 0.1) is 10.6 Å². The molecule has 0 saturated heterocycles. The van der Waals surface area contributed by atoms with Crippen LogP contribution in [-0.2, 0) is 0 Å². The summed E-state index contributed by atoms with van der Waals surface area (Å²) < 4.78 is 1.06. The van der Waals surface area contributed by atoms with Gasteiger partial charge in [-0.3, -0.25) is 10.1 Å². The fourth-order valence-corrected chi connectivity index (χ4v) is 2.17. The molecule has 0 unspecified atom stereocenters. The first-order valence-electron chi connectivity index (χ1n) is 3.95. The second kappa shape index (κ2) is 3.82. The zero-order chi connectivity index (χ0) is 11.0. The SMILES string of the molecule is O=[N+]([O-])c1c(Br)c(Br)cc2c1NC=CN2. The van der Waals surface area contributed by atoms with Gasteiger partial charge in [-0.1, -0.05) is 0 Å². The van der Waals surface area contributed by atoms with E-state index in [1.54, 1.807) is 18.5 Å². The monoisotopic (exact) mass is 333 g/mol. The van der Waals surface area contributed by atoms with E-state index in [0.717, 1.165) is 0 Å². The minimum Gasteiger partial charge on any atom is -0.358 e. The number of fused-ring (bicyclic) bond motifs is 1. The van der Waals surface area contributed by atoms with Crippen LogP contribution in [0.2, 0.25) is 0 Å². The Morgan fingerprint density at radius 3 is 2.60 bits per heavy atom. The van der Waals surface area contributed by atoms with Crippen LogP contribution in [0.1, 0.15) is 0 Å². The first-order chi connectivity index (χ1) is 7.11. The average molecular weight is 335 g/mol. The maximum atomic E-state index is 10.9. The van der Waals surface area contributed by atoms with Gasteiger partial charge in [0, 0.05) is 16.9 Å². The van der Waals surface area contributed by atoms with Gasteiger partial charge in [0.2, 0.25) is 0 Å². The Balaban J connectivity index is 2.71. The number of anilines is 2. The van der Waals surface area contributed by atoms with Crippen LogP contribution in [-0.4, -0.2) is 4.92 Å². The highest BCUT2D eigenvalue weighted by molar-refractivity contribution is 9.13. The maximum Gasteiger partial charge on any atom is 0.310 e. The van der Waals surface area contributed by atoms with Crippen LogP contribution in [0.15, 0.2) is 27.4 Å². The van der Waals surface area contributed by atoms with Crippen LogP contribution < -0.4 is 10.6 Å². The molecule has 0 aliphatic carbocycles. The second-order valence-electron chi connectivity index (χ2n) is 2.82. The molecule has 0 aromatic heterocycles. The summed E-state index contributed by atoms with van der Waals surface area (Å²) in [5.74, 6) is 0. The van der Waals surface area contributed by atoms with E-state index in [-0.39, 0.29) is 5.69 Å². The summed E-state index contributed by atoms with van der Waals surface area (Å²) in [5, 5.41) is 16.7. The van der Waals surface area contributed by atoms with E-state index >= 15 is 0 Å². The molecule has 1 aliphatic rings. The largest absolute Gasteiger partial charge is 0.358 e. The van der Waals surface area contributed by atoms with Crippen molar-refractivity contribution in [2.75, 3.05) is 10.6 Å². The normalized spacial score (nSPS) is 12.7. The lowest BCUT2D eigenvalue weighted by Crippen LogP contribution is -2.06. The third-order valence-electron chi connectivity index (χ3n) is 1.93. The van der Waals surface area contributed by atoms with Crippen molar-refractivity contribution in [3.63, 3.8) is 0 Å². The Morgan fingerprint density at radius 1 is 1.27 bits per heavy atom.